The van der Waals surface area contributed by atoms with Crippen LogP contribution in [0.4, 0.5) is 10.7 Å². The fourth-order valence-electron chi connectivity index (χ4n) is 3.40. The third kappa shape index (κ3) is 4.27. The Balaban J connectivity index is 1.65. The van der Waals surface area contributed by atoms with E-state index in [0.717, 1.165) is 29.2 Å². The molecule has 0 radical (unpaired) electrons. The zero-order chi connectivity index (χ0) is 20.9. The van der Waals surface area contributed by atoms with Gasteiger partial charge in [0.15, 0.2) is 0 Å². The van der Waals surface area contributed by atoms with Crippen LogP contribution in [0, 0.1) is 0 Å². The Kier molecular flexibility index (Phi) is 6.21. The first kappa shape index (κ1) is 20.3. The molecule has 1 aliphatic heterocycles. The summed E-state index contributed by atoms with van der Waals surface area (Å²) in [4.78, 5) is 16.0. The molecular formula is C23H24N2O4S. The van der Waals surface area contributed by atoms with Gasteiger partial charge in [-0.25, -0.2) is 0 Å². The summed E-state index contributed by atoms with van der Waals surface area (Å²) in [5.74, 6) is 1.05. The second-order valence-electron chi connectivity index (χ2n) is 6.82. The molecule has 6 nitrogen and oxygen atoms in total. The molecule has 0 unspecified atom stereocenters. The van der Waals surface area contributed by atoms with Crippen LogP contribution in [0.1, 0.15) is 9.67 Å². The third-order valence-electron chi connectivity index (χ3n) is 4.98. The number of morpholine rings is 1. The van der Waals surface area contributed by atoms with Crippen LogP contribution in [-0.4, -0.2) is 46.4 Å². The van der Waals surface area contributed by atoms with E-state index in [1.807, 2.05) is 24.3 Å². The molecule has 2 heterocycles. The Bertz CT molecular complexity index is 1010. The molecular weight excluding hydrogens is 400 g/mol. The van der Waals surface area contributed by atoms with Crippen molar-refractivity contribution in [3.05, 3.63) is 59.5 Å². The van der Waals surface area contributed by atoms with Crippen molar-refractivity contribution in [3.8, 4) is 22.6 Å². The summed E-state index contributed by atoms with van der Waals surface area (Å²) >= 11 is 1.50. The van der Waals surface area contributed by atoms with Crippen molar-refractivity contribution in [3.63, 3.8) is 0 Å². The smallest absolute Gasteiger partial charge is 0.265 e. The van der Waals surface area contributed by atoms with Crippen molar-refractivity contribution < 1.29 is 19.0 Å². The molecule has 30 heavy (non-hydrogen) atoms. The molecule has 0 spiro atoms. The van der Waals surface area contributed by atoms with Crippen LogP contribution in [0.15, 0.2) is 54.6 Å². The van der Waals surface area contributed by atoms with E-state index in [1.165, 1.54) is 11.3 Å². The first-order valence-electron chi connectivity index (χ1n) is 9.75. The van der Waals surface area contributed by atoms with Gasteiger partial charge in [0.05, 0.1) is 43.0 Å². The molecule has 0 bridgehead atoms. The quantitative estimate of drug-likeness (QED) is 0.630. The normalized spacial score (nSPS) is 13.7. The third-order valence-corrected chi connectivity index (χ3v) is 6.17. The molecule has 1 N–H and O–H groups in total. The Morgan fingerprint density at radius 2 is 1.80 bits per heavy atom. The molecule has 4 rings (SSSR count). The van der Waals surface area contributed by atoms with Crippen LogP contribution < -0.4 is 19.7 Å². The van der Waals surface area contributed by atoms with E-state index >= 15 is 0 Å². The maximum atomic E-state index is 13.1. The topological polar surface area (TPSA) is 60.0 Å². The van der Waals surface area contributed by atoms with Crippen LogP contribution in [-0.2, 0) is 4.74 Å². The van der Waals surface area contributed by atoms with E-state index in [-0.39, 0.29) is 5.91 Å². The summed E-state index contributed by atoms with van der Waals surface area (Å²) in [5.41, 5.74) is 2.76. The lowest BCUT2D eigenvalue weighted by atomic mass is 10.1. The molecule has 1 fully saturated rings. The van der Waals surface area contributed by atoms with Crippen LogP contribution in [0.25, 0.3) is 11.1 Å². The zero-order valence-corrected chi connectivity index (χ0v) is 17.8. The highest BCUT2D eigenvalue weighted by atomic mass is 32.1. The highest BCUT2D eigenvalue weighted by Crippen LogP contribution is 2.40. The molecule has 2 aromatic carbocycles. The lowest BCUT2D eigenvalue weighted by Gasteiger charge is -2.28. The minimum absolute atomic E-state index is 0.167. The number of nitrogens with one attached hydrogen (secondary N) is 1. The summed E-state index contributed by atoms with van der Waals surface area (Å²) in [5, 5.41) is 4.07. The second-order valence-corrected chi connectivity index (χ2v) is 7.85. The number of carbonyl (C=O) groups is 1. The molecule has 1 aromatic heterocycles. The SMILES string of the molecule is COc1ccc(NC(=O)c2cc(-c3ccccc3)c(N3CCOCC3)s2)c(OC)c1. The van der Waals surface area contributed by atoms with Gasteiger partial charge in [-0.3, -0.25) is 4.79 Å². The largest absolute Gasteiger partial charge is 0.497 e. The van der Waals surface area contributed by atoms with E-state index in [2.05, 4.69) is 22.3 Å². The van der Waals surface area contributed by atoms with Gasteiger partial charge in [-0.2, -0.15) is 0 Å². The van der Waals surface area contributed by atoms with Gasteiger partial charge in [0.25, 0.3) is 5.91 Å². The van der Waals surface area contributed by atoms with Crippen LogP contribution in [0.2, 0.25) is 0 Å². The first-order chi connectivity index (χ1) is 14.7. The Labute approximate surface area is 180 Å². The van der Waals surface area contributed by atoms with Crippen molar-refractivity contribution in [2.24, 2.45) is 0 Å². The zero-order valence-electron chi connectivity index (χ0n) is 17.0. The van der Waals surface area contributed by atoms with Gasteiger partial charge >= 0.3 is 0 Å². The number of ether oxygens (including phenoxy) is 3. The molecule has 0 aliphatic carbocycles. The van der Waals surface area contributed by atoms with Gasteiger partial charge < -0.3 is 24.4 Å². The highest BCUT2D eigenvalue weighted by Gasteiger charge is 2.22. The number of benzene rings is 2. The maximum absolute atomic E-state index is 13.1. The number of methoxy groups -OCH3 is 2. The van der Waals surface area contributed by atoms with E-state index in [1.54, 1.807) is 32.4 Å². The van der Waals surface area contributed by atoms with Gasteiger partial charge in [-0.1, -0.05) is 30.3 Å². The van der Waals surface area contributed by atoms with Crippen LogP contribution >= 0.6 is 11.3 Å². The maximum Gasteiger partial charge on any atom is 0.265 e. The molecule has 1 aliphatic rings. The fourth-order valence-corrected chi connectivity index (χ4v) is 4.53. The number of rotatable bonds is 6. The lowest BCUT2D eigenvalue weighted by Crippen LogP contribution is -2.35. The minimum atomic E-state index is -0.167. The minimum Gasteiger partial charge on any atom is -0.497 e. The van der Waals surface area contributed by atoms with E-state index < -0.39 is 0 Å². The van der Waals surface area contributed by atoms with Crippen molar-refractivity contribution in [1.82, 2.24) is 0 Å². The summed E-state index contributed by atoms with van der Waals surface area (Å²) in [7, 11) is 3.16. The molecule has 3 aromatic rings. The molecule has 1 saturated heterocycles. The predicted molar refractivity (Wildman–Crippen MR) is 120 cm³/mol. The molecule has 0 saturated carbocycles. The van der Waals surface area contributed by atoms with Crippen LogP contribution in [0.5, 0.6) is 11.5 Å². The average Bonchev–Trinajstić information content (AvgIpc) is 3.26. The van der Waals surface area contributed by atoms with Crippen molar-refractivity contribution in [2.45, 2.75) is 0 Å². The molecule has 1 amide bonds. The van der Waals surface area contributed by atoms with E-state index in [4.69, 9.17) is 14.2 Å². The number of amides is 1. The van der Waals surface area contributed by atoms with E-state index in [0.29, 0.717) is 35.3 Å². The van der Waals surface area contributed by atoms with Gasteiger partial charge in [-0.15, -0.1) is 11.3 Å². The summed E-state index contributed by atoms with van der Waals surface area (Å²) in [6, 6.07) is 17.4. The summed E-state index contributed by atoms with van der Waals surface area (Å²) in [6.07, 6.45) is 0. The van der Waals surface area contributed by atoms with Crippen molar-refractivity contribution in [1.29, 1.82) is 0 Å². The number of carbonyl (C=O) groups excluding carboxylic acids is 1. The predicted octanol–water partition coefficient (Wildman–Crippen LogP) is 4.52. The molecule has 0 atom stereocenters. The number of hydrogen-bond donors (Lipinski definition) is 1. The number of thiophene rings is 1. The highest BCUT2D eigenvalue weighted by molar-refractivity contribution is 7.18. The number of anilines is 2. The second kappa shape index (κ2) is 9.19. The number of hydrogen-bond acceptors (Lipinski definition) is 6. The van der Waals surface area contributed by atoms with E-state index in [9.17, 15) is 4.79 Å². The van der Waals surface area contributed by atoms with Gasteiger partial charge in [0.1, 0.15) is 11.5 Å². The molecule has 156 valence electrons. The van der Waals surface area contributed by atoms with Crippen molar-refractivity contribution in [2.75, 3.05) is 50.7 Å². The van der Waals surface area contributed by atoms with Crippen molar-refractivity contribution >= 4 is 27.9 Å². The summed E-state index contributed by atoms with van der Waals surface area (Å²) < 4.78 is 16.1. The fraction of sp³-hybridized carbons (Fsp3) is 0.261. The lowest BCUT2D eigenvalue weighted by molar-refractivity contribution is 0.103. The van der Waals surface area contributed by atoms with Gasteiger partial charge in [0.2, 0.25) is 0 Å². The number of nitrogens with zero attached hydrogens (tertiary/aromatic N) is 1. The Morgan fingerprint density at radius 3 is 2.50 bits per heavy atom. The Morgan fingerprint density at radius 1 is 1.03 bits per heavy atom. The summed E-state index contributed by atoms with van der Waals surface area (Å²) in [6.45, 7) is 3.01. The van der Waals surface area contributed by atoms with Gasteiger partial charge in [0, 0.05) is 24.7 Å². The monoisotopic (exact) mass is 424 g/mol. The first-order valence-corrected chi connectivity index (χ1v) is 10.6. The Hall–Kier alpha value is -3.03. The standard InChI is InChI=1S/C23H24N2O4S/c1-27-17-8-9-19(20(14-17)28-2)24-22(26)21-15-18(16-6-4-3-5-7-16)23(30-21)25-10-12-29-13-11-25/h3-9,14-15H,10-13H2,1-2H3,(H,24,26). The van der Waals surface area contributed by atoms with Crippen LogP contribution in [0.3, 0.4) is 0 Å². The molecule has 7 heteroatoms. The average molecular weight is 425 g/mol. The van der Waals surface area contributed by atoms with Gasteiger partial charge in [-0.05, 0) is 23.8 Å².